The van der Waals surface area contributed by atoms with Crippen LogP contribution >= 0.6 is 11.6 Å². The van der Waals surface area contributed by atoms with Crippen molar-refractivity contribution in [1.82, 2.24) is 0 Å². The predicted molar refractivity (Wildman–Crippen MR) is 66.7 cm³/mol. The summed E-state index contributed by atoms with van der Waals surface area (Å²) >= 11 is 6.23. The first-order valence-corrected chi connectivity index (χ1v) is 6.07. The van der Waals surface area contributed by atoms with Gasteiger partial charge in [-0.1, -0.05) is 30.2 Å². The van der Waals surface area contributed by atoms with Crippen LogP contribution in [0.15, 0.2) is 18.2 Å². The third-order valence-electron chi connectivity index (χ3n) is 3.67. The molecule has 0 radical (unpaired) electrons. The van der Waals surface area contributed by atoms with Gasteiger partial charge in [0, 0.05) is 24.1 Å². The van der Waals surface area contributed by atoms with Gasteiger partial charge in [-0.3, -0.25) is 0 Å². The van der Waals surface area contributed by atoms with Gasteiger partial charge in [0.2, 0.25) is 0 Å². The van der Waals surface area contributed by atoms with Crippen LogP contribution in [0.2, 0.25) is 5.02 Å². The minimum Gasteiger partial charge on any atom is -0.380 e. The highest BCUT2D eigenvalue weighted by atomic mass is 35.5. The summed E-state index contributed by atoms with van der Waals surface area (Å²) < 4.78 is 5.09. The maximum absolute atomic E-state index is 6.23. The van der Waals surface area contributed by atoms with Crippen molar-refractivity contribution in [2.45, 2.75) is 31.3 Å². The van der Waals surface area contributed by atoms with Crippen LogP contribution in [0.3, 0.4) is 0 Å². The Balaban J connectivity index is 2.26. The van der Waals surface area contributed by atoms with E-state index in [9.17, 15) is 0 Å². The third kappa shape index (κ3) is 1.97. The second-order valence-electron chi connectivity index (χ2n) is 4.58. The molecule has 0 heterocycles. The molecule has 1 fully saturated rings. The Morgan fingerprint density at radius 3 is 2.62 bits per heavy atom. The first kappa shape index (κ1) is 11.9. The topological polar surface area (TPSA) is 35.2 Å². The molecule has 16 heavy (non-hydrogen) atoms. The maximum Gasteiger partial charge on any atom is 0.0727 e. The summed E-state index contributed by atoms with van der Waals surface area (Å²) in [7, 11) is 1.68. The van der Waals surface area contributed by atoms with E-state index >= 15 is 0 Å². The number of hydrogen-bond acceptors (Lipinski definition) is 2. The molecule has 1 aromatic rings. The molecule has 88 valence electrons. The van der Waals surface area contributed by atoms with E-state index in [2.05, 4.69) is 18.2 Å². The second-order valence-corrected chi connectivity index (χ2v) is 4.98. The molecule has 0 aliphatic heterocycles. The van der Waals surface area contributed by atoms with Gasteiger partial charge >= 0.3 is 0 Å². The van der Waals surface area contributed by atoms with E-state index in [0.717, 1.165) is 10.6 Å². The highest BCUT2D eigenvalue weighted by Gasteiger charge is 2.37. The summed E-state index contributed by atoms with van der Waals surface area (Å²) in [5.41, 5.74) is 8.39. The number of hydrogen-bond donors (Lipinski definition) is 1. The molecule has 1 aliphatic rings. The Kier molecular flexibility index (Phi) is 3.53. The zero-order valence-corrected chi connectivity index (χ0v) is 10.4. The van der Waals surface area contributed by atoms with E-state index in [1.54, 1.807) is 7.11 Å². The third-order valence-corrected chi connectivity index (χ3v) is 4.02. The van der Waals surface area contributed by atoms with Gasteiger partial charge < -0.3 is 10.5 Å². The van der Waals surface area contributed by atoms with Crippen molar-refractivity contribution in [1.29, 1.82) is 0 Å². The molecule has 1 saturated carbocycles. The summed E-state index contributed by atoms with van der Waals surface area (Å²) in [4.78, 5) is 0. The molecule has 0 bridgehead atoms. The minimum absolute atomic E-state index is 0.190. The first-order chi connectivity index (χ1) is 7.72. The standard InChI is InChI=1S/C13H18ClNO/c1-16-8-10-3-4-11(7-12(10)14)13(9-15)5-2-6-13/h3-4,7H,2,5-6,8-9,15H2,1H3. The van der Waals surface area contributed by atoms with Crippen LogP contribution in [0.4, 0.5) is 0 Å². The summed E-state index contributed by atoms with van der Waals surface area (Å²) in [6, 6.07) is 6.26. The Morgan fingerprint density at radius 1 is 1.44 bits per heavy atom. The van der Waals surface area contributed by atoms with Crippen LogP contribution in [0.25, 0.3) is 0 Å². The zero-order valence-electron chi connectivity index (χ0n) is 9.63. The van der Waals surface area contributed by atoms with E-state index in [-0.39, 0.29) is 5.41 Å². The van der Waals surface area contributed by atoms with Crippen molar-refractivity contribution < 1.29 is 4.74 Å². The van der Waals surface area contributed by atoms with Crippen molar-refractivity contribution in [3.05, 3.63) is 34.3 Å². The highest BCUT2D eigenvalue weighted by Crippen LogP contribution is 2.43. The van der Waals surface area contributed by atoms with Gasteiger partial charge in [-0.05, 0) is 30.0 Å². The van der Waals surface area contributed by atoms with Gasteiger partial charge in [0.05, 0.1) is 6.61 Å². The SMILES string of the molecule is COCc1ccc(C2(CN)CCC2)cc1Cl. The van der Waals surface area contributed by atoms with Crippen LogP contribution < -0.4 is 5.73 Å². The van der Waals surface area contributed by atoms with E-state index in [1.807, 2.05) is 0 Å². The fraction of sp³-hybridized carbons (Fsp3) is 0.538. The van der Waals surface area contributed by atoms with E-state index in [1.165, 1.54) is 24.8 Å². The largest absolute Gasteiger partial charge is 0.380 e. The minimum atomic E-state index is 0.190. The number of benzene rings is 1. The van der Waals surface area contributed by atoms with Gasteiger partial charge in [-0.25, -0.2) is 0 Å². The van der Waals surface area contributed by atoms with Crippen LogP contribution in [-0.2, 0) is 16.8 Å². The molecular weight excluding hydrogens is 222 g/mol. The smallest absolute Gasteiger partial charge is 0.0727 e. The molecule has 0 unspecified atom stereocenters. The van der Waals surface area contributed by atoms with Crippen LogP contribution in [0.1, 0.15) is 30.4 Å². The average Bonchev–Trinajstić information content (AvgIpc) is 2.21. The lowest BCUT2D eigenvalue weighted by atomic mass is 9.64. The molecule has 1 aromatic carbocycles. The monoisotopic (exact) mass is 239 g/mol. The lowest BCUT2D eigenvalue weighted by Gasteiger charge is -2.41. The lowest BCUT2D eigenvalue weighted by molar-refractivity contribution is 0.185. The molecule has 0 amide bonds. The van der Waals surface area contributed by atoms with Crippen LogP contribution in [-0.4, -0.2) is 13.7 Å². The van der Waals surface area contributed by atoms with E-state index in [0.29, 0.717) is 13.2 Å². The Labute approximate surface area is 102 Å². The summed E-state index contributed by atoms with van der Waals surface area (Å²) in [6.45, 7) is 1.28. The Morgan fingerprint density at radius 2 is 2.19 bits per heavy atom. The van der Waals surface area contributed by atoms with Gasteiger partial charge in [0.15, 0.2) is 0 Å². The predicted octanol–water partition coefficient (Wildman–Crippen LogP) is 2.87. The Hall–Kier alpha value is -0.570. The van der Waals surface area contributed by atoms with Gasteiger partial charge in [-0.15, -0.1) is 0 Å². The van der Waals surface area contributed by atoms with Crippen molar-refractivity contribution in [3.63, 3.8) is 0 Å². The summed E-state index contributed by atoms with van der Waals surface area (Å²) in [5, 5.41) is 0.791. The molecule has 0 aromatic heterocycles. The maximum atomic E-state index is 6.23. The molecule has 2 nitrogen and oxygen atoms in total. The fourth-order valence-electron chi connectivity index (χ4n) is 2.36. The molecule has 2 rings (SSSR count). The highest BCUT2D eigenvalue weighted by molar-refractivity contribution is 6.31. The lowest BCUT2D eigenvalue weighted by Crippen LogP contribution is -2.41. The normalized spacial score (nSPS) is 18.2. The summed E-state index contributed by atoms with van der Waals surface area (Å²) in [5.74, 6) is 0. The molecular formula is C13H18ClNO. The molecule has 1 aliphatic carbocycles. The quantitative estimate of drug-likeness (QED) is 0.877. The van der Waals surface area contributed by atoms with Crippen molar-refractivity contribution in [3.8, 4) is 0 Å². The molecule has 0 saturated heterocycles. The van der Waals surface area contributed by atoms with Crippen molar-refractivity contribution >= 4 is 11.6 Å². The van der Waals surface area contributed by atoms with Crippen LogP contribution in [0.5, 0.6) is 0 Å². The summed E-state index contributed by atoms with van der Waals surface area (Å²) in [6.07, 6.45) is 3.64. The van der Waals surface area contributed by atoms with Gasteiger partial charge in [0.25, 0.3) is 0 Å². The average molecular weight is 240 g/mol. The van der Waals surface area contributed by atoms with Crippen LogP contribution in [0, 0.1) is 0 Å². The molecule has 3 heteroatoms. The van der Waals surface area contributed by atoms with E-state index in [4.69, 9.17) is 22.1 Å². The van der Waals surface area contributed by atoms with Gasteiger partial charge in [0.1, 0.15) is 0 Å². The number of nitrogens with two attached hydrogens (primary N) is 1. The fourth-order valence-corrected chi connectivity index (χ4v) is 2.60. The zero-order chi connectivity index (χ0) is 11.6. The second kappa shape index (κ2) is 4.74. The number of ether oxygens (including phenoxy) is 1. The number of rotatable bonds is 4. The van der Waals surface area contributed by atoms with Crippen molar-refractivity contribution in [2.75, 3.05) is 13.7 Å². The van der Waals surface area contributed by atoms with Gasteiger partial charge in [-0.2, -0.15) is 0 Å². The van der Waals surface area contributed by atoms with Crippen molar-refractivity contribution in [2.24, 2.45) is 5.73 Å². The molecule has 0 spiro atoms. The molecule has 0 atom stereocenters. The first-order valence-electron chi connectivity index (χ1n) is 5.70. The number of halogens is 1. The Bertz CT molecular complexity index is 369. The molecule has 2 N–H and O–H groups in total. The number of methoxy groups -OCH3 is 1. The van der Waals surface area contributed by atoms with E-state index < -0.39 is 0 Å².